The van der Waals surface area contributed by atoms with Crippen LogP contribution in [0.5, 0.6) is 0 Å². The summed E-state index contributed by atoms with van der Waals surface area (Å²) in [7, 11) is 0. The maximum absolute atomic E-state index is 13.0. The number of nitrogens with zero attached hydrogens (tertiary/aromatic N) is 2. The van der Waals surface area contributed by atoms with Crippen molar-refractivity contribution in [3.63, 3.8) is 0 Å². The van der Waals surface area contributed by atoms with Gasteiger partial charge in [-0.2, -0.15) is 0 Å². The number of hydrogen-bond donors (Lipinski definition) is 2. The molecule has 0 saturated heterocycles. The average Bonchev–Trinajstić information content (AvgIpc) is 2.72. The quantitative estimate of drug-likeness (QED) is 0.905. The summed E-state index contributed by atoms with van der Waals surface area (Å²) in [6.07, 6.45) is 0.530. The van der Waals surface area contributed by atoms with E-state index in [1.807, 2.05) is 0 Å². The lowest BCUT2D eigenvalue weighted by Crippen LogP contribution is -2.02. The van der Waals surface area contributed by atoms with E-state index in [1.165, 1.54) is 6.07 Å². The molecule has 0 fully saturated rings. The van der Waals surface area contributed by atoms with E-state index in [0.29, 0.717) is 29.0 Å². The van der Waals surface area contributed by atoms with Crippen molar-refractivity contribution in [1.29, 1.82) is 0 Å². The highest BCUT2D eigenvalue weighted by Gasteiger charge is 2.06. The van der Waals surface area contributed by atoms with E-state index < -0.39 is 0 Å². The lowest BCUT2D eigenvalue weighted by Gasteiger charge is -2.01. The van der Waals surface area contributed by atoms with Gasteiger partial charge in [0.15, 0.2) is 0 Å². The van der Waals surface area contributed by atoms with Crippen LogP contribution in [0.4, 0.5) is 16.1 Å². The molecule has 0 unspecified atom stereocenters. The van der Waals surface area contributed by atoms with Gasteiger partial charge < -0.3 is 15.5 Å². The fraction of sp³-hybridized carbons (Fsp3) is 0.200. The molecule has 90 valence electrons. The summed E-state index contributed by atoms with van der Waals surface area (Å²) >= 11 is 3.09. The van der Waals surface area contributed by atoms with Crippen LogP contribution in [0.2, 0.25) is 0 Å². The molecule has 2 aromatic rings. The van der Waals surface area contributed by atoms with Gasteiger partial charge in [-0.05, 0) is 34.1 Å². The van der Waals surface area contributed by atoms with Gasteiger partial charge in [-0.3, -0.25) is 0 Å². The first-order chi connectivity index (χ1) is 8.19. The maximum Gasteiger partial charge on any atom is 0.320 e. The Morgan fingerprint density at radius 1 is 1.41 bits per heavy atom. The van der Waals surface area contributed by atoms with Crippen LogP contribution >= 0.6 is 15.9 Å². The highest BCUT2D eigenvalue weighted by atomic mass is 79.9. The molecule has 17 heavy (non-hydrogen) atoms. The molecule has 2 rings (SSSR count). The van der Waals surface area contributed by atoms with Crippen molar-refractivity contribution < 1.29 is 8.81 Å². The molecule has 0 aliphatic rings. The summed E-state index contributed by atoms with van der Waals surface area (Å²) in [6, 6.07) is 4.76. The van der Waals surface area contributed by atoms with Crippen molar-refractivity contribution in [2.45, 2.75) is 6.42 Å². The average molecular weight is 301 g/mol. The van der Waals surface area contributed by atoms with Crippen molar-refractivity contribution in [1.82, 2.24) is 10.2 Å². The first-order valence-electron chi connectivity index (χ1n) is 4.93. The predicted octanol–water partition coefficient (Wildman–Crippen LogP) is 2.22. The lowest BCUT2D eigenvalue weighted by molar-refractivity contribution is 0.510. The van der Waals surface area contributed by atoms with Crippen molar-refractivity contribution >= 4 is 27.6 Å². The van der Waals surface area contributed by atoms with E-state index in [2.05, 4.69) is 31.4 Å². The van der Waals surface area contributed by atoms with E-state index in [9.17, 15) is 4.39 Å². The molecule has 0 amide bonds. The van der Waals surface area contributed by atoms with Gasteiger partial charge in [-0.1, -0.05) is 5.10 Å². The number of nitrogens with one attached hydrogen (secondary N) is 1. The zero-order chi connectivity index (χ0) is 12.3. The van der Waals surface area contributed by atoms with Gasteiger partial charge in [0.2, 0.25) is 5.89 Å². The molecular weight excluding hydrogens is 291 g/mol. The van der Waals surface area contributed by atoms with Crippen LogP contribution in [0, 0.1) is 5.82 Å². The molecule has 0 aliphatic heterocycles. The second-order valence-corrected chi connectivity index (χ2v) is 4.15. The third-order valence-corrected chi connectivity index (χ3v) is 2.60. The Kier molecular flexibility index (Phi) is 3.70. The summed E-state index contributed by atoms with van der Waals surface area (Å²) in [6.45, 7) is 0.448. The predicted molar refractivity (Wildman–Crippen MR) is 64.4 cm³/mol. The summed E-state index contributed by atoms with van der Waals surface area (Å²) in [5.74, 6) is 0.140. The van der Waals surface area contributed by atoms with E-state index in [1.54, 1.807) is 12.1 Å². The zero-order valence-electron chi connectivity index (χ0n) is 8.78. The standard InChI is InChI=1S/C10H10BrFN4O/c11-7-5-6(1-2-8(7)12)14-10-16-15-9(17-10)3-4-13/h1-2,5H,3-4,13H2,(H,14,16). The van der Waals surface area contributed by atoms with Crippen LogP contribution in [0.3, 0.4) is 0 Å². The number of halogens is 2. The van der Waals surface area contributed by atoms with Crippen LogP contribution in [0.25, 0.3) is 0 Å². The Labute approximate surface area is 105 Å². The Morgan fingerprint density at radius 2 is 2.24 bits per heavy atom. The van der Waals surface area contributed by atoms with Crippen molar-refractivity contribution in [2.75, 3.05) is 11.9 Å². The van der Waals surface area contributed by atoms with Gasteiger partial charge >= 0.3 is 6.01 Å². The number of nitrogens with two attached hydrogens (primary N) is 1. The normalized spacial score (nSPS) is 10.5. The Bertz CT molecular complexity index is 517. The summed E-state index contributed by atoms with van der Waals surface area (Å²) < 4.78 is 18.6. The molecule has 0 aliphatic carbocycles. The molecule has 0 bridgehead atoms. The van der Waals surface area contributed by atoms with Crippen molar-refractivity contribution in [3.05, 3.63) is 34.4 Å². The smallest absolute Gasteiger partial charge is 0.320 e. The molecule has 0 atom stereocenters. The summed E-state index contributed by atoms with van der Waals surface area (Å²) in [4.78, 5) is 0. The first-order valence-corrected chi connectivity index (χ1v) is 5.73. The molecule has 1 aromatic carbocycles. The summed E-state index contributed by atoms with van der Waals surface area (Å²) in [5, 5.41) is 10.5. The third kappa shape index (κ3) is 3.01. The van der Waals surface area contributed by atoms with E-state index in [0.717, 1.165) is 0 Å². The third-order valence-electron chi connectivity index (χ3n) is 2.00. The molecule has 1 heterocycles. The van der Waals surface area contributed by atoms with E-state index in [-0.39, 0.29) is 11.8 Å². The van der Waals surface area contributed by atoms with Crippen LogP contribution in [0.1, 0.15) is 5.89 Å². The minimum Gasteiger partial charge on any atom is -0.408 e. The Morgan fingerprint density at radius 3 is 2.94 bits per heavy atom. The fourth-order valence-corrected chi connectivity index (χ4v) is 1.60. The minimum absolute atomic E-state index is 0.256. The number of anilines is 2. The topological polar surface area (TPSA) is 77.0 Å². The second kappa shape index (κ2) is 5.24. The van der Waals surface area contributed by atoms with Crippen LogP contribution in [-0.4, -0.2) is 16.7 Å². The van der Waals surface area contributed by atoms with Gasteiger partial charge in [0.1, 0.15) is 5.82 Å². The molecule has 3 N–H and O–H groups in total. The van der Waals surface area contributed by atoms with E-state index >= 15 is 0 Å². The zero-order valence-corrected chi connectivity index (χ0v) is 10.4. The van der Waals surface area contributed by atoms with Crippen LogP contribution in [-0.2, 0) is 6.42 Å². The van der Waals surface area contributed by atoms with Crippen molar-refractivity contribution in [3.8, 4) is 0 Å². The van der Waals surface area contributed by atoms with E-state index in [4.69, 9.17) is 10.2 Å². The molecular formula is C10H10BrFN4O. The molecule has 5 nitrogen and oxygen atoms in total. The fourth-order valence-electron chi connectivity index (χ4n) is 1.23. The SMILES string of the molecule is NCCc1nnc(Nc2ccc(F)c(Br)c2)o1. The second-order valence-electron chi connectivity index (χ2n) is 3.29. The maximum atomic E-state index is 13.0. The molecule has 0 radical (unpaired) electrons. The van der Waals surface area contributed by atoms with Crippen molar-refractivity contribution in [2.24, 2.45) is 5.73 Å². The van der Waals surface area contributed by atoms with Gasteiger partial charge in [-0.15, -0.1) is 5.10 Å². The Hall–Kier alpha value is -1.47. The van der Waals surface area contributed by atoms with Crippen LogP contribution < -0.4 is 11.1 Å². The number of aromatic nitrogens is 2. The molecule has 0 saturated carbocycles. The largest absolute Gasteiger partial charge is 0.408 e. The highest BCUT2D eigenvalue weighted by Crippen LogP contribution is 2.22. The number of rotatable bonds is 4. The van der Waals surface area contributed by atoms with Crippen LogP contribution in [0.15, 0.2) is 27.1 Å². The highest BCUT2D eigenvalue weighted by molar-refractivity contribution is 9.10. The van der Waals surface area contributed by atoms with Gasteiger partial charge in [-0.25, -0.2) is 4.39 Å². The monoisotopic (exact) mass is 300 g/mol. The number of hydrogen-bond acceptors (Lipinski definition) is 5. The van der Waals surface area contributed by atoms with Gasteiger partial charge in [0.05, 0.1) is 4.47 Å². The summed E-state index contributed by atoms with van der Waals surface area (Å²) in [5.41, 5.74) is 6.02. The van der Waals surface area contributed by atoms with Gasteiger partial charge in [0.25, 0.3) is 0 Å². The first kappa shape index (κ1) is 12.0. The molecule has 1 aromatic heterocycles. The Balaban J connectivity index is 2.11. The molecule has 7 heteroatoms. The van der Waals surface area contributed by atoms with Gasteiger partial charge in [0, 0.05) is 18.7 Å². The number of benzene rings is 1. The minimum atomic E-state index is -0.329. The lowest BCUT2D eigenvalue weighted by atomic mass is 10.3. The molecule has 0 spiro atoms.